The summed E-state index contributed by atoms with van der Waals surface area (Å²) in [7, 11) is 0. The van der Waals surface area contributed by atoms with E-state index in [1.165, 1.54) is 16.2 Å². The Labute approximate surface area is 124 Å². The summed E-state index contributed by atoms with van der Waals surface area (Å²) in [6.45, 7) is 6.80. The molecule has 3 rings (SSSR count). The lowest BCUT2D eigenvalue weighted by Gasteiger charge is -2.29. The summed E-state index contributed by atoms with van der Waals surface area (Å²) in [5.41, 5.74) is 4.50. The van der Waals surface area contributed by atoms with Crippen molar-refractivity contribution < 1.29 is 14.8 Å². The minimum atomic E-state index is -0.893. The molecule has 0 spiro atoms. The minimum absolute atomic E-state index is 0.265. The van der Waals surface area contributed by atoms with E-state index in [9.17, 15) is 9.90 Å². The Kier molecular flexibility index (Phi) is 3.68. The number of nitrogens with one attached hydrogen (secondary N) is 1. The Balaban J connectivity index is 1.79. The number of imidazole rings is 1. The number of carboxylic acids is 1. The van der Waals surface area contributed by atoms with Gasteiger partial charge in [-0.3, -0.25) is 4.40 Å². The van der Waals surface area contributed by atoms with E-state index in [0.717, 1.165) is 31.0 Å². The van der Waals surface area contributed by atoms with Gasteiger partial charge in [0.25, 0.3) is 0 Å². The zero-order valence-corrected chi connectivity index (χ0v) is 12.6. The van der Waals surface area contributed by atoms with Crippen molar-refractivity contribution in [3.8, 4) is 0 Å². The summed E-state index contributed by atoms with van der Waals surface area (Å²) in [6.07, 6.45) is 3.49. The maximum absolute atomic E-state index is 10.9. The number of aliphatic carboxylic acids is 1. The second-order valence-corrected chi connectivity index (χ2v) is 6.05. The number of pyridine rings is 1. The predicted molar refractivity (Wildman–Crippen MR) is 76.8 cm³/mol. The van der Waals surface area contributed by atoms with Gasteiger partial charge in [0.05, 0.1) is 24.5 Å². The molecule has 2 aromatic rings. The van der Waals surface area contributed by atoms with Crippen molar-refractivity contribution >= 4 is 11.6 Å². The molecule has 0 bridgehead atoms. The highest BCUT2D eigenvalue weighted by atomic mass is 16.4. The van der Waals surface area contributed by atoms with E-state index in [2.05, 4.69) is 35.5 Å². The molecule has 0 amide bonds. The summed E-state index contributed by atoms with van der Waals surface area (Å²) in [4.78, 5) is 17.0. The zero-order valence-electron chi connectivity index (χ0n) is 12.6. The van der Waals surface area contributed by atoms with Crippen LogP contribution in [0.4, 0.5) is 0 Å². The molecule has 0 aromatic carbocycles. The van der Waals surface area contributed by atoms with Crippen LogP contribution in [-0.4, -0.2) is 28.4 Å². The molecular weight excluding hydrogens is 266 g/mol. The highest BCUT2D eigenvalue weighted by molar-refractivity contribution is 5.67. The molecule has 3 heterocycles. The summed E-state index contributed by atoms with van der Waals surface area (Å²) in [5, 5.41) is 10.9. The van der Waals surface area contributed by atoms with Crippen molar-refractivity contribution in [2.75, 3.05) is 13.1 Å². The van der Waals surface area contributed by atoms with Crippen LogP contribution in [0.15, 0.2) is 18.3 Å². The standard InChI is InChI=1S/C16H21N3O2/c1-11-4-3-7-19-14(12(2)17-15(11)19)10-18-8-5-13(6-9-18)16(20)21/h3-4,7,13H,5-6,8-10H2,1-2H3,(H,20,21). The van der Waals surface area contributed by atoms with Crippen molar-refractivity contribution in [2.45, 2.75) is 33.2 Å². The summed E-state index contributed by atoms with van der Waals surface area (Å²) in [5.74, 6) is -1.16. The average Bonchev–Trinajstić information content (AvgIpc) is 2.78. The number of rotatable bonds is 3. The van der Waals surface area contributed by atoms with Gasteiger partial charge in [-0.15, -0.1) is 0 Å². The Morgan fingerprint density at radius 3 is 2.81 bits per heavy atom. The molecule has 1 aliphatic heterocycles. The smallest absolute Gasteiger partial charge is 0.140 e. The predicted octanol–water partition coefficient (Wildman–Crippen LogP) is -0.504. The number of aromatic nitrogens is 2. The van der Waals surface area contributed by atoms with Crippen LogP contribution in [0.5, 0.6) is 0 Å². The topological polar surface area (TPSA) is 61.9 Å². The molecule has 0 radical (unpaired) electrons. The SMILES string of the molecule is Cc1nc2c(C)cccn2c1C[NH+]1CCC(C(=O)[O-])CC1. The van der Waals surface area contributed by atoms with E-state index >= 15 is 0 Å². The minimum Gasteiger partial charge on any atom is -0.550 e. The first-order valence-corrected chi connectivity index (χ1v) is 7.54. The molecule has 5 nitrogen and oxygen atoms in total. The molecule has 1 fully saturated rings. The first-order valence-electron chi connectivity index (χ1n) is 7.54. The molecule has 0 aliphatic carbocycles. The number of carbonyl (C=O) groups excluding carboxylic acids is 1. The van der Waals surface area contributed by atoms with Gasteiger partial charge >= 0.3 is 0 Å². The Hall–Kier alpha value is -1.88. The number of piperidine rings is 1. The largest absolute Gasteiger partial charge is 0.550 e. The third kappa shape index (κ3) is 2.65. The average molecular weight is 287 g/mol. The molecule has 1 aliphatic rings. The summed E-state index contributed by atoms with van der Waals surface area (Å²) >= 11 is 0. The van der Waals surface area contributed by atoms with Crippen molar-refractivity contribution in [1.29, 1.82) is 0 Å². The van der Waals surface area contributed by atoms with E-state index in [0.29, 0.717) is 12.8 Å². The number of nitrogens with zero attached hydrogens (tertiary/aromatic N) is 2. The van der Waals surface area contributed by atoms with Gasteiger partial charge in [-0.2, -0.15) is 0 Å². The lowest BCUT2D eigenvalue weighted by atomic mass is 9.97. The van der Waals surface area contributed by atoms with Crippen molar-refractivity contribution in [1.82, 2.24) is 9.38 Å². The van der Waals surface area contributed by atoms with Gasteiger partial charge in [0.15, 0.2) is 0 Å². The molecule has 112 valence electrons. The van der Waals surface area contributed by atoms with Gasteiger partial charge < -0.3 is 14.8 Å². The first kappa shape index (κ1) is 14.1. The summed E-state index contributed by atoms with van der Waals surface area (Å²) in [6, 6.07) is 4.12. The quantitative estimate of drug-likeness (QED) is 0.827. The van der Waals surface area contributed by atoms with Gasteiger partial charge in [-0.25, -0.2) is 4.98 Å². The third-order valence-electron chi connectivity index (χ3n) is 4.59. The molecule has 5 heteroatoms. The maximum Gasteiger partial charge on any atom is 0.140 e. The summed E-state index contributed by atoms with van der Waals surface area (Å²) < 4.78 is 2.17. The normalized spacial score (nSPS) is 22.6. The Morgan fingerprint density at radius 2 is 2.14 bits per heavy atom. The number of fused-ring (bicyclic) bond motifs is 1. The molecule has 21 heavy (non-hydrogen) atoms. The number of quaternary nitrogens is 1. The van der Waals surface area contributed by atoms with E-state index in [-0.39, 0.29) is 5.92 Å². The van der Waals surface area contributed by atoms with E-state index < -0.39 is 5.97 Å². The van der Waals surface area contributed by atoms with Crippen molar-refractivity contribution in [3.05, 3.63) is 35.3 Å². The molecule has 1 N–H and O–H groups in total. The highest BCUT2D eigenvalue weighted by Gasteiger charge is 2.24. The van der Waals surface area contributed by atoms with Crippen LogP contribution in [0, 0.1) is 19.8 Å². The van der Waals surface area contributed by atoms with Gasteiger partial charge in [0.1, 0.15) is 12.2 Å². The fraction of sp³-hybridized carbons (Fsp3) is 0.500. The maximum atomic E-state index is 10.9. The number of hydrogen-bond donors (Lipinski definition) is 1. The van der Waals surface area contributed by atoms with Crippen LogP contribution >= 0.6 is 0 Å². The fourth-order valence-electron chi connectivity index (χ4n) is 3.25. The van der Waals surface area contributed by atoms with Crippen molar-refractivity contribution in [3.63, 3.8) is 0 Å². The number of aryl methyl sites for hydroxylation is 2. The Morgan fingerprint density at radius 1 is 1.43 bits per heavy atom. The Bertz CT molecular complexity index is 669. The van der Waals surface area contributed by atoms with Gasteiger partial charge in [0, 0.05) is 30.9 Å². The van der Waals surface area contributed by atoms with Crippen LogP contribution in [-0.2, 0) is 11.3 Å². The molecule has 0 atom stereocenters. The number of hydrogen-bond acceptors (Lipinski definition) is 3. The monoisotopic (exact) mass is 287 g/mol. The van der Waals surface area contributed by atoms with Gasteiger partial charge in [-0.1, -0.05) is 6.07 Å². The highest BCUT2D eigenvalue weighted by Crippen LogP contribution is 2.15. The first-order chi connectivity index (χ1) is 10.1. The fourth-order valence-corrected chi connectivity index (χ4v) is 3.25. The second-order valence-electron chi connectivity index (χ2n) is 6.05. The lowest BCUT2D eigenvalue weighted by Crippen LogP contribution is -3.12. The van der Waals surface area contributed by atoms with Crippen LogP contribution in [0.25, 0.3) is 5.65 Å². The van der Waals surface area contributed by atoms with E-state index in [1.54, 1.807) is 0 Å². The second kappa shape index (κ2) is 5.48. The molecule has 0 saturated carbocycles. The number of carboxylic acid groups (broad SMARTS) is 1. The number of likely N-dealkylation sites (tertiary alicyclic amines) is 1. The van der Waals surface area contributed by atoms with Crippen LogP contribution in [0.3, 0.4) is 0 Å². The van der Waals surface area contributed by atoms with Crippen molar-refractivity contribution in [2.24, 2.45) is 5.92 Å². The molecule has 2 aromatic heterocycles. The van der Waals surface area contributed by atoms with Crippen LogP contribution in [0.1, 0.15) is 29.8 Å². The zero-order chi connectivity index (χ0) is 15.0. The number of carbonyl (C=O) groups is 1. The van der Waals surface area contributed by atoms with E-state index in [1.807, 2.05) is 6.07 Å². The van der Waals surface area contributed by atoms with Gasteiger partial charge in [0.2, 0.25) is 0 Å². The molecular formula is C16H21N3O2. The molecule has 1 saturated heterocycles. The third-order valence-corrected chi connectivity index (χ3v) is 4.59. The van der Waals surface area contributed by atoms with E-state index in [4.69, 9.17) is 0 Å². The molecule has 0 unspecified atom stereocenters. The lowest BCUT2D eigenvalue weighted by molar-refractivity contribution is -0.919. The van der Waals surface area contributed by atoms with Crippen LogP contribution in [0.2, 0.25) is 0 Å². The van der Waals surface area contributed by atoms with Gasteiger partial charge in [-0.05, 0) is 25.5 Å². The van der Waals surface area contributed by atoms with Crippen LogP contribution < -0.4 is 10.0 Å².